The Balaban J connectivity index is 4.57. The maximum Gasteiger partial charge on any atom is 0.382 e. The van der Waals surface area contributed by atoms with E-state index in [0.29, 0.717) is 10.9 Å². The average Bonchev–Trinajstić information content (AvgIpc) is 1.77. The Hall–Kier alpha value is 0.110. The van der Waals surface area contributed by atoms with Gasteiger partial charge in [-0.1, -0.05) is 6.92 Å². The van der Waals surface area contributed by atoms with Crippen LogP contribution in [0.5, 0.6) is 0 Å². The van der Waals surface area contributed by atoms with Crippen LogP contribution in [-0.2, 0) is 4.57 Å². The molecule has 0 heterocycles. The largest absolute Gasteiger partial charge is 0.382 e. The Morgan fingerprint density at radius 2 is 1.75 bits per heavy atom. The summed E-state index contributed by atoms with van der Waals surface area (Å²) in [6.45, 7) is 1.93. The number of rotatable bonds is 4. The highest BCUT2D eigenvalue weighted by Crippen LogP contribution is 2.46. The van der Waals surface area contributed by atoms with Crippen molar-refractivity contribution >= 4 is 7.60 Å². The van der Waals surface area contributed by atoms with Gasteiger partial charge in [0.25, 0.3) is 0 Å². The Morgan fingerprint density at radius 1 is 1.33 bits per heavy atom. The van der Waals surface area contributed by atoms with E-state index in [-0.39, 0.29) is 0 Å². The molecule has 0 aromatic heterocycles. The Kier molecular flexibility index (Phi) is 3.91. The third-order valence-electron chi connectivity index (χ3n) is 1.83. The minimum atomic E-state index is -3.94. The van der Waals surface area contributed by atoms with Crippen LogP contribution in [0.25, 0.3) is 0 Å². The van der Waals surface area contributed by atoms with Crippen molar-refractivity contribution in [3.8, 4) is 0 Å². The predicted octanol–water partition coefficient (Wildman–Crippen LogP) is 0.996. The second-order valence-corrected chi connectivity index (χ2v) is 5.75. The minimum Gasteiger partial charge on any atom is -0.320 e. The maximum absolute atomic E-state index is 11.0. The van der Waals surface area contributed by atoms with E-state index in [1.54, 1.807) is 21.1 Å². The minimum absolute atomic E-state index is 0.318. The molecular weight excluding hydrogens is 177 g/mol. The van der Waals surface area contributed by atoms with Crippen LogP contribution in [0.1, 0.15) is 19.8 Å². The summed E-state index contributed by atoms with van der Waals surface area (Å²) in [6, 6.07) is 0. The fourth-order valence-corrected chi connectivity index (χ4v) is 2.76. The molecule has 0 aliphatic heterocycles. The molecule has 0 aliphatic rings. The first-order chi connectivity index (χ1) is 5.19. The summed E-state index contributed by atoms with van der Waals surface area (Å²) in [5.74, 6) is -0.567. The van der Waals surface area contributed by atoms with Gasteiger partial charge in [0.2, 0.25) is 0 Å². The Bertz CT molecular complexity index is 182. The summed E-state index contributed by atoms with van der Waals surface area (Å²) in [7, 11) is 1.47. The molecule has 0 unspecified atom stereocenters. The van der Waals surface area contributed by atoms with Crippen LogP contribution >= 0.6 is 7.60 Å². The van der Waals surface area contributed by atoms with Crippen molar-refractivity contribution in [1.29, 1.82) is 0 Å². The van der Waals surface area contributed by atoms with Crippen molar-refractivity contribution in [3.05, 3.63) is 0 Å². The lowest BCUT2D eigenvalue weighted by molar-refractivity contribution is -0.883. The highest BCUT2D eigenvalue weighted by molar-refractivity contribution is 7.52. The molecule has 1 atom stereocenters. The van der Waals surface area contributed by atoms with Crippen LogP contribution in [-0.4, -0.2) is 41.2 Å². The molecule has 0 spiro atoms. The lowest BCUT2D eigenvalue weighted by atomic mass is 10.3. The zero-order valence-electron chi connectivity index (χ0n) is 8.19. The molecule has 0 saturated carbocycles. The van der Waals surface area contributed by atoms with Crippen LogP contribution in [0.15, 0.2) is 0 Å². The van der Waals surface area contributed by atoms with Crippen molar-refractivity contribution in [2.24, 2.45) is 0 Å². The molecule has 0 saturated heterocycles. The Morgan fingerprint density at radius 3 is 1.83 bits per heavy atom. The van der Waals surface area contributed by atoms with E-state index in [0.717, 1.165) is 6.42 Å². The van der Waals surface area contributed by atoms with Crippen molar-refractivity contribution in [2.75, 3.05) is 21.1 Å². The fraction of sp³-hybridized carbons (Fsp3) is 1.00. The van der Waals surface area contributed by atoms with E-state index in [9.17, 15) is 4.57 Å². The summed E-state index contributed by atoms with van der Waals surface area (Å²) in [6.07, 6.45) is 1.36. The number of hydrogen-bond donors (Lipinski definition) is 2. The summed E-state index contributed by atoms with van der Waals surface area (Å²) in [5, 5.41) is 0. The third-order valence-corrected chi connectivity index (χ3v) is 3.56. The SMILES string of the molecule is CCC[C@@H]([N+](C)(C)C)P(=O)(O)O. The van der Waals surface area contributed by atoms with E-state index in [2.05, 4.69) is 0 Å². The molecule has 0 aromatic rings. The molecule has 0 fully saturated rings. The molecule has 0 bridgehead atoms. The lowest BCUT2D eigenvalue weighted by Crippen LogP contribution is -2.44. The maximum atomic E-state index is 11.0. The second-order valence-electron chi connectivity index (χ2n) is 3.97. The smallest absolute Gasteiger partial charge is 0.320 e. The first-order valence-electron chi connectivity index (χ1n) is 4.06. The summed E-state index contributed by atoms with van der Waals surface area (Å²) < 4.78 is 11.4. The molecular formula is C7H19NO3P+. The lowest BCUT2D eigenvalue weighted by Gasteiger charge is -2.33. The van der Waals surface area contributed by atoms with Crippen LogP contribution in [0, 0.1) is 0 Å². The molecule has 0 aliphatic carbocycles. The van der Waals surface area contributed by atoms with Gasteiger partial charge in [-0.3, -0.25) is 4.57 Å². The molecule has 5 heteroatoms. The van der Waals surface area contributed by atoms with E-state index in [1.807, 2.05) is 6.92 Å². The molecule has 2 N–H and O–H groups in total. The van der Waals surface area contributed by atoms with Crippen LogP contribution in [0.4, 0.5) is 0 Å². The second kappa shape index (κ2) is 3.88. The highest BCUT2D eigenvalue weighted by atomic mass is 31.2. The number of hydrogen-bond acceptors (Lipinski definition) is 1. The van der Waals surface area contributed by atoms with Gasteiger partial charge in [0.15, 0.2) is 5.78 Å². The third kappa shape index (κ3) is 3.68. The standard InChI is InChI=1S/C7H18NO3P/c1-5-6-7(8(2,3)4)12(9,10)11/h7H,5-6H2,1-4H3,(H-,9,10,11)/p+1/t7-/m0/s1. The quantitative estimate of drug-likeness (QED) is 0.521. The zero-order chi connectivity index (χ0) is 9.99. The van der Waals surface area contributed by atoms with Gasteiger partial charge in [0, 0.05) is 6.42 Å². The Labute approximate surface area is 74.0 Å². The van der Waals surface area contributed by atoms with Gasteiger partial charge in [-0.05, 0) is 6.42 Å². The highest BCUT2D eigenvalue weighted by Gasteiger charge is 2.38. The van der Waals surface area contributed by atoms with Gasteiger partial charge >= 0.3 is 7.60 Å². The van der Waals surface area contributed by atoms with E-state index in [1.165, 1.54) is 0 Å². The average molecular weight is 196 g/mol. The van der Waals surface area contributed by atoms with Gasteiger partial charge in [-0.2, -0.15) is 0 Å². The van der Waals surface area contributed by atoms with Gasteiger partial charge in [-0.15, -0.1) is 0 Å². The van der Waals surface area contributed by atoms with Gasteiger partial charge < -0.3 is 14.3 Å². The van der Waals surface area contributed by atoms with Crippen molar-refractivity contribution in [2.45, 2.75) is 25.5 Å². The van der Waals surface area contributed by atoms with Gasteiger partial charge in [0.1, 0.15) is 0 Å². The van der Waals surface area contributed by atoms with Crippen LogP contribution in [0.3, 0.4) is 0 Å². The molecule has 0 rings (SSSR count). The van der Waals surface area contributed by atoms with E-state index in [4.69, 9.17) is 9.79 Å². The summed E-state index contributed by atoms with van der Waals surface area (Å²) in [5.41, 5.74) is 0. The topological polar surface area (TPSA) is 57.5 Å². The molecule has 4 nitrogen and oxygen atoms in total. The summed E-state index contributed by atoms with van der Waals surface area (Å²) in [4.78, 5) is 18.1. The molecule has 12 heavy (non-hydrogen) atoms. The first-order valence-corrected chi connectivity index (χ1v) is 5.74. The molecule has 0 amide bonds. The first kappa shape index (κ1) is 12.1. The molecule has 0 radical (unpaired) electrons. The fourth-order valence-electron chi connectivity index (χ4n) is 1.26. The van der Waals surface area contributed by atoms with Gasteiger partial charge in [0.05, 0.1) is 21.1 Å². The summed E-state index contributed by atoms with van der Waals surface area (Å²) >= 11 is 0. The van der Waals surface area contributed by atoms with Crippen LogP contribution in [0.2, 0.25) is 0 Å². The van der Waals surface area contributed by atoms with Crippen LogP contribution < -0.4 is 0 Å². The molecule has 74 valence electrons. The normalized spacial score (nSPS) is 16.2. The molecule has 0 aromatic carbocycles. The van der Waals surface area contributed by atoms with E-state index >= 15 is 0 Å². The van der Waals surface area contributed by atoms with Crippen molar-refractivity contribution in [1.82, 2.24) is 0 Å². The van der Waals surface area contributed by atoms with Gasteiger partial charge in [-0.25, -0.2) is 0 Å². The zero-order valence-corrected chi connectivity index (χ0v) is 9.08. The predicted molar refractivity (Wildman–Crippen MR) is 48.8 cm³/mol. The number of nitrogens with zero attached hydrogens (tertiary/aromatic N) is 1. The number of quaternary nitrogens is 1. The van der Waals surface area contributed by atoms with E-state index < -0.39 is 13.4 Å². The monoisotopic (exact) mass is 196 g/mol. The van der Waals surface area contributed by atoms with Crippen molar-refractivity contribution in [3.63, 3.8) is 0 Å². The van der Waals surface area contributed by atoms with Crippen molar-refractivity contribution < 1.29 is 18.8 Å².